The number of amides is 1. The molecule has 0 spiro atoms. The molecule has 30 heavy (non-hydrogen) atoms. The summed E-state index contributed by atoms with van der Waals surface area (Å²) < 4.78 is 5.47. The van der Waals surface area contributed by atoms with Gasteiger partial charge in [0.2, 0.25) is 0 Å². The van der Waals surface area contributed by atoms with E-state index in [4.69, 9.17) is 15.7 Å². The van der Waals surface area contributed by atoms with Crippen molar-refractivity contribution in [3.63, 3.8) is 0 Å². The molecule has 5 heteroatoms. The number of fused-ring (bicyclic) bond motifs is 3. The molecule has 0 saturated heterocycles. The molecule has 0 saturated carbocycles. The highest BCUT2D eigenvalue weighted by Gasteiger charge is 2.28. The molecule has 146 valence electrons. The van der Waals surface area contributed by atoms with Crippen molar-refractivity contribution >= 4 is 11.8 Å². The van der Waals surface area contributed by atoms with Crippen molar-refractivity contribution < 1.29 is 9.53 Å². The maximum atomic E-state index is 12.1. The average molecular weight is 393 g/mol. The van der Waals surface area contributed by atoms with Gasteiger partial charge in [0.05, 0.1) is 17.8 Å². The van der Waals surface area contributed by atoms with Crippen LogP contribution in [0.3, 0.4) is 0 Å². The Morgan fingerprint density at radius 1 is 1.03 bits per heavy atom. The number of alkyl carbamates (subject to hydrolysis) is 1. The van der Waals surface area contributed by atoms with E-state index in [-0.39, 0.29) is 19.1 Å². The molecular weight excluding hydrogens is 374 g/mol. The van der Waals surface area contributed by atoms with E-state index in [1.807, 2.05) is 30.3 Å². The third-order valence-electron chi connectivity index (χ3n) is 5.07. The maximum Gasteiger partial charge on any atom is 0.407 e. The number of rotatable bonds is 3. The first-order valence-corrected chi connectivity index (χ1v) is 9.54. The highest BCUT2D eigenvalue weighted by atomic mass is 16.5. The van der Waals surface area contributed by atoms with Crippen molar-refractivity contribution in [1.29, 1.82) is 5.26 Å². The highest BCUT2D eigenvalue weighted by molar-refractivity contribution is 5.79. The normalized spacial score (nSPS) is 11.4. The lowest BCUT2D eigenvalue weighted by atomic mass is 9.98. The van der Waals surface area contributed by atoms with Crippen LogP contribution in [0, 0.1) is 23.2 Å². The molecule has 0 atom stereocenters. The molecule has 3 N–H and O–H groups in total. The Balaban J connectivity index is 1.34. The fourth-order valence-electron chi connectivity index (χ4n) is 3.65. The number of carbonyl (C=O) groups is 1. The SMILES string of the molecule is N#Cc1ccc(C#CCNC(=O)OCC2c3ccccc3-c3ccccc32)cc1N. The third kappa shape index (κ3) is 3.83. The van der Waals surface area contributed by atoms with Gasteiger partial charge in [0.25, 0.3) is 0 Å². The van der Waals surface area contributed by atoms with Gasteiger partial charge in [-0.3, -0.25) is 0 Å². The second-order valence-corrected chi connectivity index (χ2v) is 6.89. The van der Waals surface area contributed by atoms with Crippen molar-refractivity contribution in [2.75, 3.05) is 18.9 Å². The first-order chi connectivity index (χ1) is 14.7. The summed E-state index contributed by atoms with van der Waals surface area (Å²) >= 11 is 0. The van der Waals surface area contributed by atoms with Gasteiger partial charge in [0, 0.05) is 11.5 Å². The van der Waals surface area contributed by atoms with Gasteiger partial charge in [-0.05, 0) is 40.5 Å². The minimum absolute atomic E-state index is 0.0239. The van der Waals surface area contributed by atoms with Crippen LogP contribution in [0.15, 0.2) is 66.7 Å². The molecule has 3 aromatic carbocycles. The maximum absolute atomic E-state index is 12.1. The van der Waals surface area contributed by atoms with Crippen LogP contribution in [0.5, 0.6) is 0 Å². The summed E-state index contributed by atoms with van der Waals surface area (Å²) in [5.74, 6) is 5.79. The molecule has 5 nitrogen and oxygen atoms in total. The molecule has 0 aromatic heterocycles. The summed E-state index contributed by atoms with van der Waals surface area (Å²) in [7, 11) is 0. The van der Waals surface area contributed by atoms with Gasteiger partial charge in [-0.25, -0.2) is 4.79 Å². The minimum atomic E-state index is -0.509. The van der Waals surface area contributed by atoms with Crippen LogP contribution in [0.1, 0.15) is 28.2 Å². The molecule has 0 radical (unpaired) electrons. The number of nitrogens with zero attached hydrogens (tertiary/aromatic N) is 1. The number of nitrogens with one attached hydrogen (secondary N) is 1. The fourth-order valence-corrected chi connectivity index (χ4v) is 3.65. The number of hydrogen-bond donors (Lipinski definition) is 2. The van der Waals surface area contributed by atoms with E-state index >= 15 is 0 Å². The van der Waals surface area contributed by atoms with E-state index in [0.29, 0.717) is 16.8 Å². The van der Waals surface area contributed by atoms with Crippen molar-refractivity contribution in [1.82, 2.24) is 5.32 Å². The number of nitrogen functional groups attached to an aromatic ring is 1. The smallest absolute Gasteiger partial charge is 0.407 e. The summed E-state index contributed by atoms with van der Waals surface area (Å²) in [6.45, 7) is 0.413. The topological polar surface area (TPSA) is 88.1 Å². The van der Waals surface area contributed by atoms with E-state index < -0.39 is 6.09 Å². The van der Waals surface area contributed by atoms with Crippen molar-refractivity contribution in [2.24, 2.45) is 0 Å². The van der Waals surface area contributed by atoms with Crippen LogP contribution in [-0.4, -0.2) is 19.2 Å². The second kappa shape index (κ2) is 8.43. The summed E-state index contributed by atoms with van der Waals surface area (Å²) in [6, 6.07) is 23.4. The zero-order valence-electron chi connectivity index (χ0n) is 16.2. The minimum Gasteiger partial charge on any atom is -0.449 e. The molecule has 0 fully saturated rings. The Morgan fingerprint density at radius 2 is 1.70 bits per heavy atom. The number of carbonyl (C=O) groups excluding carboxylic acids is 1. The van der Waals surface area contributed by atoms with Gasteiger partial charge in [-0.15, -0.1) is 0 Å². The molecule has 1 aliphatic carbocycles. The number of nitrogens with two attached hydrogens (primary N) is 1. The Hall–Kier alpha value is -4.22. The summed E-state index contributed by atoms with van der Waals surface area (Å²) in [4.78, 5) is 12.1. The number of hydrogen-bond acceptors (Lipinski definition) is 4. The van der Waals surface area contributed by atoms with E-state index in [2.05, 4.69) is 41.4 Å². The fraction of sp³-hybridized carbons (Fsp3) is 0.120. The first kappa shape index (κ1) is 19.1. The van der Waals surface area contributed by atoms with Crippen molar-refractivity contribution in [2.45, 2.75) is 5.92 Å². The van der Waals surface area contributed by atoms with Crippen LogP contribution in [0.2, 0.25) is 0 Å². The Kier molecular flexibility index (Phi) is 5.37. The summed E-state index contributed by atoms with van der Waals surface area (Å²) in [5.41, 5.74) is 12.0. The number of benzene rings is 3. The van der Waals surface area contributed by atoms with Gasteiger partial charge in [0.1, 0.15) is 12.7 Å². The highest BCUT2D eigenvalue weighted by Crippen LogP contribution is 2.44. The zero-order chi connectivity index (χ0) is 20.9. The van der Waals surface area contributed by atoms with Gasteiger partial charge < -0.3 is 15.8 Å². The number of anilines is 1. The molecule has 0 unspecified atom stereocenters. The molecule has 0 bridgehead atoms. The van der Waals surface area contributed by atoms with Crippen LogP contribution >= 0.6 is 0 Å². The lowest BCUT2D eigenvalue weighted by Crippen LogP contribution is -2.26. The monoisotopic (exact) mass is 393 g/mol. The van der Waals surface area contributed by atoms with Crippen molar-refractivity contribution in [3.05, 3.63) is 89.0 Å². The molecule has 1 aliphatic rings. The largest absolute Gasteiger partial charge is 0.449 e. The second-order valence-electron chi connectivity index (χ2n) is 6.89. The van der Waals surface area contributed by atoms with Gasteiger partial charge in [-0.1, -0.05) is 60.4 Å². The molecule has 1 amide bonds. The lowest BCUT2D eigenvalue weighted by Gasteiger charge is -2.14. The van der Waals surface area contributed by atoms with Gasteiger partial charge in [-0.2, -0.15) is 5.26 Å². The van der Waals surface area contributed by atoms with Crippen molar-refractivity contribution in [3.8, 4) is 29.0 Å². The Morgan fingerprint density at radius 3 is 2.33 bits per heavy atom. The molecular formula is C25H19N3O2. The molecule has 0 heterocycles. The van der Waals surface area contributed by atoms with Crippen LogP contribution in [0.4, 0.5) is 10.5 Å². The predicted octanol–water partition coefficient (Wildman–Crippen LogP) is 4.03. The molecule has 3 aromatic rings. The van der Waals surface area contributed by atoms with Crippen LogP contribution < -0.4 is 11.1 Å². The van der Waals surface area contributed by atoms with E-state index in [1.165, 1.54) is 22.3 Å². The number of nitriles is 1. The van der Waals surface area contributed by atoms with Crippen LogP contribution in [-0.2, 0) is 4.74 Å². The Labute approximate surface area is 175 Å². The first-order valence-electron chi connectivity index (χ1n) is 9.54. The third-order valence-corrected chi connectivity index (χ3v) is 5.07. The van der Waals surface area contributed by atoms with E-state index in [9.17, 15) is 4.79 Å². The molecule has 4 rings (SSSR count). The molecule has 0 aliphatic heterocycles. The van der Waals surface area contributed by atoms with Gasteiger partial charge >= 0.3 is 6.09 Å². The standard InChI is InChI=1S/C25H19N3O2/c26-15-18-12-11-17(14-24(18)27)6-5-13-28-25(29)30-16-23-21-9-3-1-7-19(21)20-8-2-4-10-22(20)23/h1-4,7-12,14,23H,13,16,27H2,(H,28,29). The van der Waals surface area contributed by atoms with E-state index in [0.717, 1.165) is 0 Å². The zero-order valence-corrected chi connectivity index (χ0v) is 16.2. The van der Waals surface area contributed by atoms with Gasteiger partial charge in [0.15, 0.2) is 0 Å². The average Bonchev–Trinajstić information content (AvgIpc) is 3.09. The Bertz CT molecular complexity index is 1170. The predicted molar refractivity (Wildman–Crippen MR) is 116 cm³/mol. The number of ether oxygens (including phenoxy) is 1. The quantitative estimate of drug-likeness (QED) is 0.519. The summed E-state index contributed by atoms with van der Waals surface area (Å²) in [5, 5.41) is 11.5. The summed E-state index contributed by atoms with van der Waals surface area (Å²) in [6.07, 6.45) is -0.509. The lowest BCUT2D eigenvalue weighted by molar-refractivity contribution is 0.144. The van der Waals surface area contributed by atoms with Crippen LogP contribution in [0.25, 0.3) is 11.1 Å². The van der Waals surface area contributed by atoms with E-state index in [1.54, 1.807) is 18.2 Å².